The molecule has 0 aromatic heterocycles. The van der Waals surface area contributed by atoms with Crippen molar-refractivity contribution in [2.75, 3.05) is 39.8 Å². The molecule has 1 atom stereocenters. The van der Waals surface area contributed by atoms with E-state index < -0.39 is 0 Å². The molecular formula is C12H27N3. The summed E-state index contributed by atoms with van der Waals surface area (Å²) in [6, 6.07) is 0.339. The highest BCUT2D eigenvalue weighted by atomic mass is 15.1. The maximum absolute atomic E-state index is 5.73. The van der Waals surface area contributed by atoms with E-state index in [1.54, 1.807) is 0 Å². The van der Waals surface area contributed by atoms with Crippen molar-refractivity contribution in [3.8, 4) is 0 Å². The minimum absolute atomic E-state index is 0.339. The van der Waals surface area contributed by atoms with Crippen LogP contribution in [0.25, 0.3) is 0 Å². The zero-order valence-electron chi connectivity index (χ0n) is 10.4. The van der Waals surface area contributed by atoms with Crippen molar-refractivity contribution in [2.45, 2.75) is 38.6 Å². The van der Waals surface area contributed by atoms with E-state index in [0.717, 1.165) is 13.0 Å². The van der Waals surface area contributed by atoms with E-state index in [1.807, 2.05) is 0 Å². The Morgan fingerprint density at radius 2 is 1.93 bits per heavy atom. The van der Waals surface area contributed by atoms with Gasteiger partial charge in [-0.25, -0.2) is 0 Å². The Morgan fingerprint density at radius 1 is 1.27 bits per heavy atom. The zero-order chi connectivity index (χ0) is 11.1. The second-order valence-corrected chi connectivity index (χ2v) is 4.97. The van der Waals surface area contributed by atoms with E-state index in [9.17, 15) is 0 Å². The predicted molar refractivity (Wildman–Crippen MR) is 66.1 cm³/mol. The van der Waals surface area contributed by atoms with Gasteiger partial charge in [0.1, 0.15) is 0 Å². The summed E-state index contributed by atoms with van der Waals surface area (Å²) in [5.41, 5.74) is 5.73. The fourth-order valence-corrected chi connectivity index (χ4v) is 2.11. The van der Waals surface area contributed by atoms with Crippen LogP contribution in [0.2, 0.25) is 0 Å². The monoisotopic (exact) mass is 213 g/mol. The Hall–Kier alpha value is -0.120. The largest absolute Gasteiger partial charge is 0.328 e. The first kappa shape index (κ1) is 12.9. The third kappa shape index (κ3) is 6.13. The van der Waals surface area contributed by atoms with Crippen LogP contribution < -0.4 is 5.73 Å². The van der Waals surface area contributed by atoms with E-state index in [4.69, 9.17) is 5.73 Å². The molecule has 0 aromatic carbocycles. The topological polar surface area (TPSA) is 32.5 Å². The van der Waals surface area contributed by atoms with Gasteiger partial charge in [0.05, 0.1) is 0 Å². The average Bonchev–Trinajstić information content (AvgIpc) is 2.67. The van der Waals surface area contributed by atoms with Crippen LogP contribution in [0, 0.1) is 0 Å². The molecule has 1 saturated heterocycles. The van der Waals surface area contributed by atoms with Gasteiger partial charge >= 0.3 is 0 Å². The van der Waals surface area contributed by atoms with E-state index >= 15 is 0 Å². The fourth-order valence-electron chi connectivity index (χ4n) is 2.11. The highest BCUT2D eigenvalue weighted by molar-refractivity contribution is 4.66. The van der Waals surface area contributed by atoms with Gasteiger partial charge in [-0.3, -0.25) is 0 Å². The lowest BCUT2D eigenvalue weighted by Gasteiger charge is -2.20. The lowest BCUT2D eigenvalue weighted by atomic mass is 10.2. The van der Waals surface area contributed by atoms with E-state index in [1.165, 1.54) is 45.4 Å². The molecule has 1 heterocycles. The maximum Gasteiger partial charge on any atom is 0.00226 e. The van der Waals surface area contributed by atoms with E-state index in [-0.39, 0.29) is 0 Å². The predicted octanol–water partition coefficient (Wildman–Crippen LogP) is 1.14. The van der Waals surface area contributed by atoms with Gasteiger partial charge in [0, 0.05) is 6.04 Å². The number of nitrogens with zero attached hydrogens (tertiary/aromatic N) is 2. The Labute approximate surface area is 94.6 Å². The van der Waals surface area contributed by atoms with Crippen LogP contribution in [0.5, 0.6) is 0 Å². The van der Waals surface area contributed by atoms with Crippen LogP contribution in [-0.2, 0) is 0 Å². The molecular weight excluding hydrogens is 186 g/mol. The minimum Gasteiger partial charge on any atom is -0.328 e. The van der Waals surface area contributed by atoms with Crippen molar-refractivity contribution in [1.82, 2.24) is 9.80 Å². The molecule has 90 valence electrons. The molecule has 0 spiro atoms. The fraction of sp³-hybridized carbons (Fsp3) is 1.00. The van der Waals surface area contributed by atoms with Crippen LogP contribution in [0.1, 0.15) is 32.6 Å². The Kier molecular flexibility index (Phi) is 6.22. The summed E-state index contributed by atoms with van der Waals surface area (Å²) in [5.74, 6) is 0. The van der Waals surface area contributed by atoms with Crippen molar-refractivity contribution >= 4 is 0 Å². The van der Waals surface area contributed by atoms with Gasteiger partial charge in [0.15, 0.2) is 0 Å². The highest BCUT2D eigenvalue weighted by Gasteiger charge is 2.10. The van der Waals surface area contributed by atoms with Gasteiger partial charge in [-0.2, -0.15) is 0 Å². The molecule has 0 bridgehead atoms. The first-order valence-electron chi connectivity index (χ1n) is 6.35. The second-order valence-electron chi connectivity index (χ2n) is 4.97. The molecule has 0 amide bonds. The zero-order valence-corrected chi connectivity index (χ0v) is 10.4. The lowest BCUT2D eigenvalue weighted by molar-refractivity contribution is 0.274. The minimum atomic E-state index is 0.339. The van der Waals surface area contributed by atoms with Crippen molar-refractivity contribution in [3.05, 3.63) is 0 Å². The maximum atomic E-state index is 5.73. The van der Waals surface area contributed by atoms with Crippen LogP contribution in [0.15, 0.2) is 0 Å². The van der Waals surface area contributed by atoms with Gasteiger partial charge in [-0.1, -0.05) is 0 Å². The normalized spacial score (nSPS) is 20.0. The second kappa shape index (κ2) is 7.20. The molecule has 1 aliphatic heterocycles. The molecule has 0 aromatic rings. The van der Waals surface area contributed by atoms with Gasteiger partial charge < -0.3 is 15.5 Å². The van der Waals surface area contributed by atoms with Crippen LogP contribution in [-0.4, -0.2) is 55.6 Å². The SMILES string of the molecule is CC(N)CCN(C)CCCN1CCCC1. The van der Waals surface area contributed by atoms with Crippen molar-refractivity contribution in [2.24, 2.45) is 5.73 Å². The van der Waals surface area contributed by atoms with Gasteiger partial charge in [0.25, 0.3) is 0 Å². The molecule has 1 rings (SSSR count). The Balaban J connectivity index is 1.93. The van der Waals surface area contributed by atoms with Gasteiger partial charge in [0.2, 0.25) is 0 Å². The summed E-state index contributed by atoms with van der Waals surface area (Å²) in [6.45, 7) is 8.36. The molecule has 0 saturated carbocycles. The molecule has 0 radical (unpaired) electrons. The molecule has 1 unspecified atom stereocenters. The summed E-state index contributed by atoms with van der Waals surface area (Å²) in [5, 5.41) is 0. The quantitative estimate of drug-likeness (QED) is 0.688. The summed E-state index contributed by atoms with van der Waals surface area (Å²) in [4.78, 5) is 4.98. The van der Waals surface area contributed by atoms with Gasteiger partial charge in [-0.05, 0) is 72.4 Å². The van der Waals surface area contributed by atoms with Crippen molar-refractivity contribution < 1.29 is 0 Å². The van der Waals surface area contributed by atoms with Crippen LogP contribution >= 0.6 is 0 Å². The third-order valence-electron chi connectivity index (χ3n) is 3.18. The summed E-state index contributed by atoms with van der Waals surface area (Å²) in [7, 11) is 2.20. The first-order chi connectivity index (χ1) is 7.18. The molecule has 2 N–H and O–H groups in total. The first-order valence-corrected chi connectivity index (χ1v) is 6.35. The van der Waals surface area contributed by atoms with Crippen molar-refractivity contribution in [3.63, 3.8) is 0 Å². The average molecular weight is 213 g/mol. The number of nitrogens with two attached hydrogens (primary N) is 1. The lowest BCUT2D eigenvalue weighted by Crippen LogP contribution is -2.29. The summed E-state index contributed by atoms with van der Waals surface area (Å²) >= 11 is 0. The molecule has 1 aliphatic rings. The summed E-state index contributed by atoms with van der Waals surface area (Å²) in [6.07, 6.45) is 5.22. The molecule has 0 aliphatic carbocycles. The van der Waals surface area contributed by atoms with Crippen LogP contribution in [0.4, 0.5) is 0 Å². The molecule has 3 heteroatoms. The number of likely N-dealkylation sites (tertiary alicyclic amines) is 1. The third-order valence-corrected chi connectivity index (χ3v) is 3.18. The number of hydrogen-bond acceptors (Lipinski definition) is 3. The van der Waals surface area contributed by atoms with E-state index in [0.29, 0.717) is 6.04 Å². The Bertz CT molecular complexity index is 153. The molecule has 1 fully saturated rings. The van der Waals surface area contributed by atoms with Crippen molar-refractivity contribution in [1.29, 1.82) is 0 Å². The van der Waals surface area contributed by atoms with Gasteiger partial charge in [-0.15, -0.1) is 0 Å². The van der Waals surface area contributed by atoms with Crippen LogP contribution in [0.3, 0.4) is 0 Å². The Morgan fingerprint density at radius 3 is 2.53 bits per heavy atom. The number of hydrogen-bond donors (Lipinski definition) is 1. The van der Waals surface area contributed by atoms with E-state index in [2.05, 4.69) is 23.8 Å². The highest BCUT2D eigenvalue weighted by Crippen LogP contribution is 2.07. The smallest absolute Gasteiger partial charge is 0.00226 e. The number of rotatable bonds is 7. The molecule has 15 heavy (non-hydrogen) atoms. The standard InChI is InChI=1S/C12H27N3/c1-12(13)6-11-14(2)7-5-10-15-8-3-4-9-15/h12H,3-11,13H2,1-2H3. The molecule has 3 nitrogen and oxygen atoms in total. The summed E-state index contributed by atoms with van der Waals surface area (Å²) < 4.78 is 0.